The summed E-state index contributed by atoms with van der Waals surface area (Å²) in [7, 11) is 0. The zero-order valence-electron chi connectivity index (χ0n) is 9.28. The second-order valence-corrected chi connectivity index (χ2v) is 3.44. The van der Waals surface area contributed by atoms with Crippen LogP contribution < -0.4 is 0 Å². The van der Waals surface area contributed by atoms with Gasteiger partial charge < -0.3 is 10.0 Å². The summed E-state index contributed by atoms with van der Waals surface area (Å²) < 4.78 is 0. The number of carboxylic acid groups (broad SMARTS) is 1. The predicted molar refractivity (Wildman–Crippen MR) is 53.9 cm³/mol. The zero-order chi connectivity index (χ0) is 11.3. The topological polar surface area (TPSA) is 57.6 Å². The van der Waals surface area contributed by atoms with Crippen LogP contribution in [-0.4, -0.2) is 34.5 Å². The maximum absolute atomic E-state index is 11.7. The average molecular weight is 201 g/mol. The van der Waals surface area contributed by atoms with Gasteiger partial charge in [0.1, 0.15) is 5.92 Å². The molecule has 0 saturated carbocycles. The van der Waals surface area contributed by atoms with Gasteiger partial charge >= 0.3 is 5.97 Å². The molecule has 0 fully saturated rings. The Balaban J connectivity index is 4.53. The maximum Gasteiger partial charge on any atom is 0.315 e. The summed E-state index contributed by atoms with van der Waals surface area (Å²) >= 11 is 0. The molecular formula is C10H19NO3. The molecule has 0 aromatic carbocycles. The van der Waals surface area contributed by atoms with Gasteiger partial charge in [0, 0.05) is 12.6 Å². The molecule has 0 rings (SSSR count). The minimum Gasteiger partial charge on any atom is -0.481 e. The van der Waals surface area contributed by atoms with Crippen molar-refractivity contribution >= 4 is 11.9 Å². The monoisotopic (exact) mass is 201 g/mol. The third-order valence-corrected chi connectivity index (χ3v) is 2.49. The second-order valence-electron chi connectivity index (χ2n) is 3.44. The third-order valence-electron chi connectivity index (χ3n) is 2.49. The first kappa shape index (κ1) is 12.9. The molecule has 1 N–H and O–H groups in total. The first-order chi connectivity index (χ1) is 6.45. The van der Waals surface area contributed by atoms with Gasteiger partial charge in [0.25, 0.3) is 0 Å². The van der Waals surface area contributed by atoms with E-state index in [1.165, 1.54) is 6.92 Å². The van der Waals surface area contributed by atoms with Crippen LogP contribution in [0.15, 0.2) is 0 Å². The van der Waals surface area contributed by atoms with Gasteiger partial charge in [-0.1, -0.05) is 6.92 Å². The standard InChI is InChI=1S/C10H19NO3/c1-5-7(3)11(6-2)9(12)8(4)10(13)14/h7-8H,5-6H2,1-4H3,(H,13,14). The third kappa shape index (κ3) is 3.01. The fourth-order valence-electron chi connectivity index (χ4n) is 1.26. The number of carbonyl (C=O) groups excluding carboxylic acids is 1. The van der Waals surface area contributed by atoms with Crippen molar-refractivity contribution < 1.29 is 14.7 Å². The van der Waals surface area contributed by atoms with Crippen LogP contribution >= 0.6 is 0 Å². The lowest BCUT2D eigenvalue weighted by Gasteiger charge is -2.28. The normalized spacial score (nSPS) is 14.6. The summed E-state index contributed by atoms with van der Waals surface area (Å²) in [4.78, 5) is 23.9. The van der Waals surface area contributed by atoms with Crippen molar-refractivity contribution in [2.45, 2.75) is 40.2 Å². The molecule has 1 amide bonds. The highest BCUT2D eigenvalue weighted by molar-refractivity contribution is 5.96. The summed E-state index contributed by atoms with van der Waals surface area (Å²) in [5.74, 6) is -2.30. The molecule has 14 heavy (non-hydrogen) atoms. The Kier molecular flexibility index (Phi) is 5.20. The molecule has 0 bridgehead atoms. The largest absolute Gasteiger partial charge is 0.481 e. The fourth-order valence-corrected chi connectivity index (χ4v) is 1.26. The Hall–Kier alpha value is -1.06. The summed E-state index contributed by atoms with van der Waals surface area (Å²) in [6.45, 7) is 7.75. The van der Waals surface area contributed by atoms with Crippen molar-refractivity contribution in [1.82, 2.24) is 4.90 Å². The molecular weight excluding hydrogens is 182 g/mol. The Morgan fingerprint density at radius 2 is 1.79 bits per heavy atom. The number of carboxylic acids is 1. The molecule has 2 unspecified atom stereocenters. The van der Waals surface area contributed by atoms with E-state index in [0.717, 1.165) is 6.42 Å². The highest BCUT2D eigenvalue weighted by Crippen LogP contribution is 2.09. The number of rotatable bonds is 5. The molecule has 0 aromatic rings. The number of hydrogen-bond donors (Lipinski definition) is 1. The van der Waals surface area contributed by atoms with E-state index in [1.807, 2.05) is 20.8 Å². The first-order valence-electron chi connectivity index (χ1n) is 4.98. The van der Waals surface area contributed by atoms with Crippen LogP contribution in [0.4, 0.5) is 0 Å². The predicted octanol–water partition coefficient (Wildman–Crippen LogP) is 1.35. The van der Waals surface area contributed by atoms with Gasteiger partial charge in [0.15, 0.2) is 0 Å². The Labute approximate surface area is 84.9 Å². The van der Waals surface area contributed by atoms with E-state index in [0.29, 0.717) is 6.54 Å². The molecule has 0 aliphatic rings. The summed E-state index contributed by atoms with van der Waals surface area (Å²) in [6.07, 6.45) is 0.839. The van der Waals surface area contributed by atoms with Gasteiger partial charge in [-0.3, -0.25) is 9.59 Å². The van der Waals surface area contributed by atoms with Crippen molar-refractivity contribution in [2.75, 3.05) is 6.54 Å². The Morgan fingerprint density at radius 1 is 1.29 bits per heavy atom. The Morgan fingerprint density at radius 3 is 2.07 bits per heavy atom. The second kappa shape index (κ2) is 5.62. The van der Waals surface area contributed by atoms with E-state index in [-0.39, 0.29) is 11.9 Å². The Bertz CT molecular complexity index is 215. The number of carbonyl (C=O) groups is 2. The van der Waals surface area contributed by atoms with Crippen molar-refractivity contribution in [2.24, 2.45) is 5.92 Å². The van der Waals surface area contributed by atoms with Gasteiger partial charge in [0.2, 0.25) is 5.91 Å². The van der Waals surface area contributed by atoms with Crippen LogP contribution in [-0.2, 0) is 9.59 Å². The molecule has 0 aliphatic carbocycles. The van der Waals surface area contributed by atoms with Gasteiger partial charge in [-0.15, -0.1) is 0 Å². The summed E-state index contributed by atoms with van der Waals surface area (Å²) in [5.41, 5.74) is 0. The van der Waals surface area contributed by atoms with Crippen LogP contribution in [0.2, 0.25) is 0 Å². The molecule has 0 spiro atoms. The van der Waals surface area contributed by atoms with Crippen LogP contribution in [0.5, 0.6) is 0 Å². The highest BCUT2D eigenvalue weighted by Gasteiger charge is 2.27. The number of aliphatic carboxylic acids is 1. The molecule has 4 nitrogen and oxygen atoms in total. The lowest BCUT2D eigenvalue weighted by atomic mass is 10.1. The van der Waals surface area contributed by atoms with Crippen molar-refractivity contribution in [3.05, 3.63) is 0 Å². The van der Waals surface area contributed by atoms with Gasteiger partial charge in [0.05, 0.1) is 0 Å². The molecule has 0 aliphatic heterocycles. The number of hydrogen-bond acceptors (Lipinski definition) is 2. The molecule has 2 atom stereocenters. The molecule has 0 radical (unpaired) electrons. The first-order valence-corrected chi connectivity index (χ1v) is 4.98. The van der Waals surface area contributed by atoms with Crippen LogP contribution in [0, 0.1) is 5.92 Å². The van der Waals surface area contributed by atoms with Crippen LogP contribution in [0.3, 0.4) is 0 Å². The average Bonchev–Trinajstić information content (AvgIpc) is 2.16. The molecule has 4 heteroatoms. The van der Waals surface area contributed by atoms with Gasteiger partial charge in [-0.05, 0) is 27.2 Å². The summed E-state index contributed by atoms with van der Waals surface area (Å²) in [6, 6.07) is 0.106. The van der Waals surface area contributed by atoms with Crippen LogP contribution in [0.25, 0.3) is 0 Å². The minimum atomic E-state index is -1.06. The van der Waals surface area contributed by atoms with Crippen LogP contribution in [0.1, 0.15) is 34.1 Å². The van der Waals surface area contributed by atoms with E-state index in [1.54, 1.807) is 4.90 Å². The summed E-state index contributed by atoms with van der Waals surface area (Å²) in [5, 5.41) is 8.70. The lowest BCUT2D eigenvalue weighted by molar-refractivity contribution is -0.151. The maximum atomic E-state index is 11.7. The lowest BCUT2D eigenvalue weighted by Crippen LogP contribution is -2.43. The van der Waals surface area contributed by atoms with Crippen molar-refractivity contribution in [1.29, 1.82) is 0 Å². The number of amides is 1. The van der Waals surface area contributed by atoms with E-state index >= 15 is 0 Å². The van der Waals surface area contributed by atoms with E-state index in [4.69, 9.17) is 5.11 Å². The van der Waals surface area contributed by atoms with Gasteiger partial charge in [-0.25, -0.2) is 0 Å². The van der Waals surface area contributed by atoms with E-state index < -0.39 is 11.9 Å². The molecule has 82 valence electrons. The van der Waals surface area contributed by atoms with E-state index in [2.05, 4.69) is 0 Å². The fraction of sp³-hybridized carbons (Fsp3) is 0.800. The van der Waals surface area contributed by atoms with E-state index in [9.17, 15) is 9.59 Å². The van der Waals surface area contributed by atoms with Gasteiger partial charge in [-0.2, -0.15) is 0 Å². The quantitative estimate of drug-likeness (QED) is 0.683. The SMILES string of the molecule is CCC(C)N(CC)C(=O)C(C)C(=O)O. The minimum absolute atomic E-state index is 0.106. The molecule has 0 aromatic heterocycles. The van der Waals surface area contributed by atoms with Crippen molar-refractivity contribution in [3.63, 3.8) is 0 Å². The molecule has 0 saturated heterocycles. The zero-order valence-corrected chi connectivity index (χ0v) is 9.28. The smallest absolute Gasteiger partial charge is 0.315 e. The highest BCUT2D eigenvalue weighted by atomic mass is 16.4. The molecule has 0 heterocycles. The van der Waals surface area contributed by atoms with Crippen molar-refractivity contribution in [3.8, 4) is 0 Å². The number of nitrogens with zero attached hydrogens (tertiary/aromatic N) is 1.